The Balaban J connectivity index is 1.88. The number of hydrazone groups is 1. The Labute approximate surface area is 89.0 Å². The van der Waals surface area contributed by atoms with E-state index in [1.54, 1.807) is 12.1 Å². The molecule has 1 aromatic rings. The van der Waals surface area contributed by atoms with Gasteiger partial charge in [0.15, 0.2) is 0 Å². The van der Waals surface area contributed by atoms with Gasteiger partial charge in [-0.1, -0.05) is 12.1 Å². The number of phenols is 1. The molecular weight excluding hydrogens is 188 g/mol. The van der Waals surface area contributed by atoms with E-state index in [4.69, 9.17) is 0 Å². The van der Waals surface area contributed by atoms with E-state index in [0.29, 0.717) is 17.7 Å². The Kier molecular flexibility index (Phi) is 1.91. The van der Waals surface area contributed by atoms with Crippen LogP contribution in [0.4, 0.5) is 0 Å². The van der Waals surface area contributed by atoms with E-state index < -0.39 is 0 Å². The first-order valence-electron chi connectivity index (χ1n) is 5.44. The summed E-state index contributed by atoms with van der Waals surface area (Å²) in [6, 6.07) is 8.04. The van der Waals surface area contributed by atoms with Gasteiger partial charge in [-0.25, -0.2) is 0 Å². The van der Waals surface area contributed by atoms with Crippen molar-refractivity contribution in [1.29, 1.82) is 0 Å². The minimum absolute atomic E-state index is 0.331. The second-order valence-corrected chi connectivity index (χ2v) is 4.25. The molecule has 1 fully saturated rings. The van der Waals surface area contributed by atoms with Crippen LogP contribution >= 0.6 is 0 Å². The molecule has 3 rings (SSSR count). The normalized spacial score (nSPS) is 28.4. The molecule has 78 valence electrons. The van der Waals surface area contributed by atoms with Gasteiger partial charge in [-0.05, 0) is 30.5 Å². The summed E-state index contributed by atoms with van der Waals surface area (Å²) in [5.41, 5.74) is 1.26. The Bertz CT molecular complexity index is 385. The molecule has 2 aliphatic rings. The van der Waals surface area contributed by atoms with E-state index in [1.807, 2.05) is 18.3 Å². The average molecular weight is 202 g/mol. The third-order valence-corrected chi connectivity index (χ3v) is 3.34. The van der Waals surface area contributed by atoms with Crippen LogP contribution in [0.15, 0.2) is 29.4 Å². The molecule has 1 saturated heterocycles. The van der Waals surface area contributed by atoms with Gasteiger partial charge >= 0.3 is 0 Å². The van der Waals surface area contributed by atoms with E-state index in [2.05, 4.69) is 10.1 Å². The lowest BCUT2D eigenvalue weighted by Gasteiger charge is -2.19. The zero-order valence-electron chi connectivity index (χ0n) is 8.50. The predicted octanol–water partition coefficient (Wildman–Crippen LogP) is 1.94. The van der Waals surface area contributed by atoms with Gasteiger partial charge in [0.2, 0.25) is 0 Å². The number of rotatable bonds is 1. The molecule has 0 amide bonds. The first kappa shape index (κ1) is 8.77. The molecule has 0 aromatic heterocycles. The Morgan fingerprint density at radius 1 is 1.27 bits per heavy atom. The van der Waals surface area contributed by atoms with Crippen LogP contribution in [0.2, 0.25) is 0 Å². The molecule has 2 aliphatic heterocycles. The lowest BCUT2D eigenvalue weighted by molar-refractivity contribution is 0.285. The minimum atomic E-state index is 0.331. The van der Waals surface area contributed by atoms with Crippen LogP contribution in [0, 0.1) is 0 Å². The number of fused-ring (bicyclic) bond motifs is 1. The third kappa shape index (κ3) is 1.39. The second-order valence-electron chi connectivity index (χ2n) is 4.25. The SMILES string of the molecule is Oc1ccc([C@@H]2C=NN3CCC[C@@H]23)cc1. The number of hydrogen-bond donors (Lipinski definition) is 1. The van der Waals surface area contributed by atoms with Crippen LogP contribution in [0.1, 0.15) is 24.3 Å². The van der Waals surface area contributed by atoms with Crippen molar-refractivity contribution >= 4 is 6.21 Å². The highest BCUT2D eigenvalue weighted by atomic mass is 16.3. The highest BCUT2D eigenvalue weighted by molar-refractivity contribution is 5.71. The molecule has 2 atom stereocenters. The highest BCUT2D eigenvalue weighted by Gasteiger charge is 2.35. The number of aromatic hydroxyl groups is 1. The van der Waals surface area contributed by atoms with Gasteiger partial charge in [-0.15, -0.1) is 0 Å². The maximum absolute atomic E-state index is 9.24. The summed E-state index contributed by atoms with van der Waals surface area (Å²) in [7, 11) is 0. The van der Waals surface area contributed by atoms with E-state index in [1.165, 1.54) is 18.4 Å². The van der Waals surface area contributed by atoms with Gasteiger partial charge in [0, 0.05) is 18.7 Å². The van der Waals surface area contributed by atoms with Gasteiger partial charge in [0.05, 0.1) is 6.04 Å². The fourth-order valence-electron chi connectivity index (χ4n) is 2.55. The van der Waals surface area contributed by atoms with Gasteiger partial charge in [0.1, 0.15) is 5.75 Å². The zero-order valence-corrected chi connectivity index (χ0v) is 8.50. The van der Waals surface area contributed by atoms with Crippen molar-refractivity contribution in [3.05, 3.63) is 29.8 Å². The molecular formula is C12H14N2O. The van der Waals surface area contributed by atoms with Crippen LogP contribution in [-0.4, -0.2) is 28.9 Å². The lowest BCUT2D eigenvalue weighted by atomic mass is 9.92. The quantitative estimate of drug-likeness (QED) is 0.755. The summed E-state index contributed by atoms with van der Waals surface area (Å²) in [6.07, 6.45) is 4.51. The molecule has 2 heterocycles. The topological polar surface area (TPSA) is 35.8 Å². The molecule has 0 radical (unpaired) electrons. The molecule has 1 N–H and O–H groups in total. The standard InChI is InChI=1S/C12H14N2O/c15-10-5-3-9(4-6-10)11-8-13-14-7-1-2-12(11)14/h3-6,8,11-12,15H,1-2,7H2/t11-,12-/m0/s1. The van der Waals surface area contributed by atoms with Crippen LogP contribution < -0.4 is 0 Å². The summed E-state index contributed by atoms with van der Waals surface area (Å²) in [4.78, 5) is 0. The molecule has 0 unspecified atom stereocenters. The smallest absolute Gasteiger partial charge is 0.115 e. The molecule has 3 heteroatoms. The van der Waals surface area contributed by atoms with E-state index in [9.17, 15) is 5.11 Å². The summed E-state index contributed by atoms with van der Waals surface area (Å²) in [6.45, 7) is 1.09. The maximum Gasteiger partial charge on any atom is 0.115 e. The monoisotopic (exact) mass is 202 g/mol. The fourth-order valence-corrected chi connectivity index (χ4v) is 2.55. The fraction of sp³-hybridized carbons (Fsp3) is 0.417. The third-order valence-electron chi connectivity index (χ3n) is 3.34. The van der Waals surface area contributed by atoms with Crippen molar-refractivity contribution < 1.29 is 5.11 Å². The molecule has 0 saturated carbocycles. The van der Waals surface area contributed by atoms with Gasteiger partial charge < -0.3 is 5.11 Å². The average Bonchev–Trinajstić information content (AvgIpc) is 2.80. The van der Waals surface area contributed by atoms with Gasteiger partial charge in [-0.2, -0.15) is 5.10 Å². The minimum Gasteiger partial charge on any atom is -0.508 e. The first-order chi connectivity index (χ1) is 7.34. The summed E-state index contributed by atoms with van der Waals surface area (Å²) < 4.78 is 0. The molecule has 0 bridgehead atoms. The summed E-state index contributed by atoms with van der Waals surface area (Å²) in [5.74, 6) is 0.741. The highest BCUT2D eigenvalue weighted by Crippen LogP contribution is 2.34. The number of hydrogen-bond acceptors (Lipinski definition) is 3. The zero-order chi connectivity index (χ0) is 10.3. The van der Waals surface area contributed by atoms with E-state index >= 15 is 0 Å². The van der Waals surface area contributed by atoms with Crippen molar-refractivity contribution in [3.63, 3.8) is 0 Å². The van der Waals surface area contributed by atoms with Crippen molar-refractivity contribution in [2.45, 2.75) is 24.8 Å². The van der Waals surface area contributed by atoms with Crippen LogP contribution in [-0.2, 0) is 0 Å². The van der Waals surface area contributed by atoms with Crippen molar-refractivity contribution in [1.82, 2.24) is 5.01 Å². The van der Waals surface area contributed by atoms with Gasteiger partial charge in [-0.3, -0.25) is 5.01 Å². The van der Waals surface area contributed by atoms with E-state index in [0.717, 1.165) is 6.54 Å². The molecule has 1 aromatic carbocycles. The van der Waals surface area contributed by atoms with Crippen molar-refractivity contribution in [2.24, 2.45) is 5.10 Å². The van der Waals surface area contributed by atoms with Crippen molar-refractivity contribution in [3.8, 4) is 5.75 Å². The van der Waals surface area contributed by atoms with Gasteiger partial charge in [0.25, 0.3) is 0 Å². The second kappa shape index (κ2) is 3.26. The van der Waals surface area contributed by atoms with Crippen LogP contribution in [0.25, 0.3) is 0 Å². The Morgan fingerprint density at radius 2 is 2.07 bits per heavy atom. The Morgan fingerprint density at radius 3 is 2.87 bits per heavy atom. The van der Waals surface area contributed by atoms with Crippen molar-refractivity contribution in [2.75, 3.05) is 6.54 Å². The first-order valence-corrected chi connectivity index (χ1v) is 5.44. The van der Waals surface area contributed by atoms with Crippen LogP contribution in [0.5, 0.6) is 5.75 Å². The lowest BCUT2D eigenvalue weighted by Crippen LogP contribution is -2.24. The molecule has 15 heavy (non-hydrogen) atoms. The number of nitrogens with zero attached hydrogens (tertiary/aromatic N) is 2. The maximum atomic E-state index is 9.24. The largest absolute Gasteiger partial charge is 0.508 e. The summed E-state index contributed by atoms with van der Waals surface area (Å²) >= 11 is 0. The summed E-state index contributed by atoms with van der Waals surface area (Å²) in [5, 5.41) is 15.9. The molecule has 0 spiro atoms. The Hall–Kier alpha value is -1.51. The predicted molar refractivity (Wildman–Crippen MR) is 59.1 cm³/mol. The van der Waals surface area contributed by atoms with Crippen LogP contribution in [0.3, 0.4) is 0 Å². The number of benzene rings is 1. The molecule has 3 nitrogen and oxygen atoms in total. The van der Waals surface area contributed by atoms with E-state index in [-0.39, 0.29) is 0 Å². The number of phenolic OH excluding ortho intramolecular Hbond substituents is 1. The molecule has 0 aliphatic carbocycles.